The van der Waals surface area contributed by atoms with Gasteiger partial charge in [-0.05, 0) is 61.7 Å². The van der Waals surface area contributed by atoms with Gasteiger partial charge in [0.05, 0.1) is 17.9 Å². The molecule has 1 atom stereocenters. The molecular formula is C28H27F2NO5. The number of rotatable bonds is 5. The summed E-state index contributed by atoms with van der Waals surface area (Å²) in [6.07, 6.45) is 0. The normalized spacial score (nSPS) is 17.6. The predicted molar refractivity (Wildman–Crippen MR) is 131 cm³/mol. The third kappa shape index (κ3) is 4.39. The monoisotopic (exact) mass is 495 g/mol. The van der Waals surface area contributed by atoms with Crippen LogP contribution in [0.15, 0.2) is 58.5 Å². The van der Waals surface area contributed by atoms with Crippen LogP contribution >= 0.6 is 0 Å². The van der Waals surface area contributed by atoms with Crippen molar-refractivity contribution in [3.8, 4) is 5.75 Å². The van der Waals surface area contributed by atoms with Crippen LogP contribution < -0.4 is 9.64 Å². The predicted octanol–water partition coefficient (Wildman–Crippen LogP) is 6.19. The summed E-state index contributed by atoms with van der Waals surface area (Å²) in [5.41, 5.74) is 0.148. The molecule has 1 aromatic heterocycles. The number of ketones is 1. The third-order valence-electron chi connectivity index (χ3n) is 6.01. The van der Waals surface area contributed by atoms with Crippen molar-refractivity contribution >= 4 is 23.1 Å². The molecule has 0 aliphatic carbocycles. The molecule has 1 aliphatic heterocycles. The molecule has 6 nitrogen and oxygen atoms in total. The van der Waals surface area contributed by atoms with E-state index in [4.69, 9.17) is 9.15 Å². The number of hydrogen-bond donors (Lipinski definition) is 1. The fraction of sp³-hybridized carbons (Fsp3) is 0.286. The first-order valence-corrected chi connectivity index (χ1v) is 11.5. The Hall–Kier alpha value is -3.94. The van der Waals surface area contributed by atoms with Gasteiger partial charge in [0, 0.05) is 17.2 Å². The lowest BCUT2D eigenvalue weighted by atomic mass is 9.84. The Bertz CT molecular complexity index is 1380. The van der Waals surface area contributed by atoms with Gasteiger partial charge in [0.25, 0.3) is 11.7 Å². The number of carbonyl (C=O) groups excluding carboxylic acids is 2. The number of aliphatic hydroxyl groups excluding tert-OH is 1. The number of benzene rings is 2. The van der Waals surface area contributed by atoms with E-state index >= 15 is 0 Å². The van der Waals surface area contributed by atoms with Crippen molar-refractivity contribution in [2.24, 2.45) is 0 Å². The van der Waals surface area contributed by atoms with E-state index in [0.29, 0.717) is 24.2 Å². The van der Waals surface area contributed by atoms with Crippen LogP contribution in [0, 0.1) is 18.6 Å². The van der Waals surface area contributed by atoms with E-state index in [1.54, 1.807) is 37.3 Å². The maximum Gasteiger partial charge on any atom is 0.300 e. The number of hydrogen-bond acceptors (Lipinski definition) is 5. The number of Topliss-reactive ketones (excluding diaryl/α,β-unsaturated/α-hetero) is 1. The van der Waals surface area contributed by atoms with E-state index in [9.17, 15) is 23.5 Å². The van der Waals surface area contributed by atoms with E-state index in [0.717, 1.165) is 22.6 Å². The Morgan fingerprint density at radius 3 is 2.39 bits per heavy atom. The minimum atomic E-state index is -1.26. The average molecular weight is 496 g/mol. The smallest absolute Gasteiger partial charge is 0.300 e. The summed E-state index contributed by atoms with van der Waals surface area (Å²) in [6, 6.07) is 9.60. The molecule has 1 N–H and O–H groups in total. The third-order valence-corrected chi connectivity index (χ3v) is 6.01. The summed E-state index contributed by atoms with van der Waals surface area (Å²) in [7, 11) is 0. The highest BCUT2D eigenvalue weighted by molar-refractivity contribution is 6.51. The van der Waals surface area contributed by atoms with Crippen molar-refractivity contribution in [3.05, 3.63) is 88.4 Å². The summed E-state index contributed by atoms with van der Waals surface area (Å²) >= 11 is 0. The Balaban J connectivity index is 1.95. The fourth-order valence-electron chi connectivity index (χ4n) is 4.33. The molecule has 0 radical (unpaired) electrons. The molecule has 8 heteroatoms. The number of aryl methyl sites for hydroxylation is 1. The zero-order valence-electron chi connectivity index (χ0n) is 20.7. The molecule has 2 heterocycles. The fourth-order valence-corrected chi connectivity index (χ4v) is 4.33. The lowest BCUT2D eigenvalue weighted by Crippen LogP contribution is -2.30. The van der Waals surface area contributed by atoms with Gasteiger partial charge in [-0.3, -0.25) is 14.5 Å². The number of ether oxygens (including phenoxy) is 1. The van der Waals surface area contributed by atoms with E-state index < -0.39 is 35.1 Å². The summed E-state index contributed by atoms with van der Waals surface area (Å²) in [6.45, 7) is 9.93. The van der Waals surface area contributed by atoms with Gasteiger partial charge in [0.2, 0.25) is 0 Å². The zero-order valence-corrected chi connectivity index (χ0v) is 20.7. The number of furan rings is 1. The van der Waals surface area contributed by atoms with Crippen molar-refractivity contribution in [1.29, 1.82) is 0 Å². The van der Waals surface area contributed by atoms with Crippen molar-refractivity contribution in [2.45, 2.75) is 46.1 Å². The van der Waals surface area contributed by atoms with Gasteiger partial charge in [-0.2, -0.15) is 0 Å². The van der Waals surface area contributed by atoms with Gasteiger partial charge in [0.1, 0.15) is 40.7 Å². The maximum atomic E-state index is 14.8. The Morgan fingerprint density at radius 2 is 1.81 bits per heavy atom. The van der Waals surface area contributed by atoms with Crippen LogP contribution in [0.25, 0.3) is 5.76 Å². The molecule has 0 spiro atoms. The van der Waals surface area contributed by atoms with Gasteiger partial charge in [0.15, 0.2) is 0 Å². The van der Waals surface area contributed by atoms with Crippen LogP contribution in [0.5, 0.6) is 5.75 Å². The first-order chi connectivity index (χ1) is 16.9. The number of halogens is 2. The quantitative estimate of drug-likeness (QED) is 0.259. The second-order valence-electron chi connectivity index (χ2n) is 9.61. The molecule has 1 aliphatic rings. The maximum absolute atomic E-state index is 14.8. The number of aliphatic hydroxyl groups is 1. The number of carbonyl (C=O) groups is 2. The molecular weight excluding hydrogens is 468 g/mol. The van der Waals surface area contributed by atoms with E-state index in [1.807, 2.05) is 27.7 Å². The topological polar surface area (TPSA) is 80.0 Å². The molecule has 0 saturated carbocycles. The molecule has 4 rings (SSSR count). The minimum absolute atomic E-state index is 0.152. The Labute approximate surface area is 207 Å². The van der Waals surface area contributed by atoms with Crippen LogP contribution in [0.2, 0.25) is 0 Å². The van der Waals surface area contributed by atoms with Gasteiger partial charge in [-0.15, -0.1) is 0 Å². The largest absolute Gasteiger partial charge is 0.507 e. The molecule has 36 heavy (non-hydrogen) atoms. The molecule has 1 unspecified atom stereocenters. The van der Waals surface area contributed by atoms with Gasteiger partial charge >= 0.3 is 0 Å². The summed E-state index contributed by atoms with van der Waals surface area (Å²) < 4.78 is 39.8. The minimum Gasteiger partial charge on any atom is -0.507 e. The lowest BCUT2D eigenvalue weighted by Gasteiger charge is -2.25. The molecule has 1 saturated heterocycles. The van der Waals surface area contributed by atoms with Crippen LogP contribution in [0.3, 0.4) is 0 Å². The molecule has 1 amide bonds. The molecule has 0 bridgehead atoms. The summed E-state index contributed by atoms with van der Waals surface area (Å²) in [5, 5.41) is 11.4. The van der Waals surface area contributed by atoms with Gasteiger partial charge in [-0.25, -0.2) is 8.78 Å². The first kappa shape index (κ1) is 25.2. The standard InChI is InChI=1S/C28H27F2NO5/c1-6-35-21-12-8-16(13-18(21)28(3,4)5)25(32)23-24(22-11-7-15(2)36-22)31(27(34)26(23)33)20-10-9-17(29)14-19(20)30/h7-14,24,32H,6H2,1-5H3/b25-23-. The van der Waals surface area contributed by atoms with Gasteiger partial charge < -0.3 is 14.3 Å². The van der Waals surface area contributed by atoms with E-state index in [-0.39, 0.29) is 28.0 Å². The van der Waals surface area contributed by atoms with Crippen molar-refractivity contribution < 1.29 is 32.6 Å². The Morgan fingerprint density at radius 1 is 1.08 bits per heavy atom. The zero-order chi connectivity index (χ0) is 26.4. The highest BCUT2D eigenvalue weighted by atomic mass is 19.1. The summed E-state index contributed by atoms with van der Waals surface area (Å²) in [5.74, 6) is -3.10. The van der Waals surface area contributed by atoms with Crippen LogP contribution in [0.1, 0.15) is 56.4 Å². The molecule has 2 aromatic carbocycles. The highest BCUT2D eigenvalue weighted by Crippen LogP contribution is 2.44. The SMILES string of the molecule is CCOc1ccc(/C(O)=C2/C(=O)C(=O)N(c3ccc(F)cc3F)C2c2ccc(C)o2)cc1C(C)(C)C. The van der Waals surface area contributed by atoms with Crippen molar-refractivity contribution in [1.82, 2.24) is 0 Å². The lowest BCUT2D eigenvalue weighted by molar-refractivity contribution is -0.132. The van der Waals surface area contributed by atoms with Gasteiger partial charge in [-0.1, -0.05) is 20.8 Å². The van der Waals surface area contributed by atoms with Crippen LogP contribution in [-0.4, -0.2) is 23.4 Å². The molecule has 3 aromatic rings. The van der Waals surface area contributed by atoms with Crippen molar-refractivity contribution in [2.75, 3.05) is 11.5 Å². The second kappa shape index (κ2) is 9.26. The highest BCUT2D eigenvalue weighted by Gasteiger charge is 2.49. The second-order valence-corrected chi connectivity index (χ2v) is 9.61. The number of amides is 1. The van der Waals surface area contributed by atoms with Crippen LogP contribution in [0.4, 0.5) is 14.5 Å². The van der Waals surface area contributed by atoms with Crippen LogP contribution in [-0.2, 0) is 15.0 Å². The Kier molecular flexibility index (Phi) is 6.47. The van der Waals surface area contributed by atoms with E-state index in [2.05, 4.69) is 0 Å². The average Bonchev–Trinajstić information content (AvgIpc) is 3.34. The van der Waals surface area contributed by atoms with E-state index in [1.165, 1.54) is 0 Å². The molecule has 188 valence electrons. The molecule has 1 fully saturated rings. The number of anilines is 1. The number of nitrogens with zero attached hydrogens (tertiary/aromatic N) is 1. The first-order valence-electron chi connectivity index (χ1n) is 11.5. The summed E-state index contributed by atoms with van der Waals surface area (Å²) in [4.78, 5) is 27.3. The van der Waals surface area contributed by atoms with Crippen molar-refractivity contribution in [3.63, 3.8) is 0 Å².